The normalized spacial score (nSPS) is 16.2. The van der Waals surface area contributed by atoms with Crippen LogP contribution in [0.2, 0.25) is 10.0 Å². The molecule has 1 aliphatic heterocycles. The molecule has 0 aromatic heterocycles. The lowest BCUT2D eigenvalue weighted by atomic mass is 10.1. The van der Waals surface area contributed by atoms with Crippen molar-refractivity contribution in [3.63, 3.8) is 0 Å². The number of nitrogens with zero attached hydrogens (tertiary/aromatic N) is 1. The molecular weight excluding hydrogens is 481 g/mol. The van der Waals surface area contributed by atoms with Crippen molar-refractivity contribution in [3.8, 4) is 11.5 Å². The van der Waals surface area contributed by atoms with Crippen LogP contribution in [-0.4, -0.2) is 40.8 Å². The van der Waals surface area contributed by atoms with Crippen molar-refractivity contribution in [2.24, 2.45) is 0 Å². The van der Waals surface area contributed by atoms with Gasteiger partial charge in [0.2, 0.25) is 0 Å². The van der Waals surface area contributed by atoms with Crippen LogP contribution in [0, 0.1) is 5.82 Å². The van der Waals surface area contributed by atoms with Gasteiger partial charge in [-0.15, -0.1) is 13.2 Å². The minimum Gasteiger partial charge on any atom is -0.487 e. The molecule has 0 radical (unpaired) electrons. The van der Waals surface area contributed by atoms with E-state index in [9.17, 15) is 32.3 Å². The number of carbonyl (C=O) groups excluding carboxylic acids is 1. The van der Waals surface area contributed by atoms with E-state index in [0.29, 0.717) is 12.0 Å². The van der Waals surface area contributed by atoms with E-state index in [4.69, 9.17) is 27.9 Å². The Balaban J connectivity index is 1.73. The van der Waals surface area contributed by atoms with Crippen molar-refractivity contribution in [1.29, 1.82) is 0 Å². The fourth-order valence-corrected chi connectivity index (χ4v) is 3.69. The Morgan fingerprint density at radius 3 is 2.44 bits per heavy atom. The third-order valence-corrected chi connectivity index (χ3v) is 5.26. The van der Waals surface area contributed by atoms with Crippen molar-refractivity contribution in [2.75, 3.05) is 6.54 Å². The highest BCUT2D eigenvalue weighted by atomic mass is 35.5. The van der Waals surface area contributed by atoms with E-state index in [-0.39, 0.29) is 35.4 Å². The molecule has 0 aliphatic carbocycles. The number of aliphatic carboxylic acids is 1. The minimum absolute atomic E-state index is 0.107. The quantitative estimate of drug-likeness (QED) is 0.550. The van der Waals surface area contributed by atoms with E-state index >= 15 is 0 Å². The molecule has 0 bridgehead atoms. The highest BCUT2D eigenvalue weighted by molar-refractivity contribution is 6.32. The highest BCUT2D eigenvalue weighted by Crippen LogP contribution is 2.33. The van der Waals surface area contributed by atoms with Crippen molar-refractivity contribution < 1.29 is 41.7 Å². The molecule has 12 heteroatoms. The molecule has 1 saturated heterocycles. The van der Waals surface area contributed by atoms with E-state index < -0.39 is 41.4 Å². The summed E-state index contributed by atoms with van der Waals surface area (Å²) in [6.07, 6.45) is -4.15. The largest absolute Gasteiger partial charge is 0.573 e. The van der Waals surface area contributed by atoms with Gasteiger partial charge in [0.05, 0.1) is 15.6 Å². The molecule has 6 nitrogen and oxygen atoms in total. The Morgan fingerprint density at radius 2 is 1.81 bits per heavy atom. The van der Waals surface area contributed by atoms with Crippen LogP contribution in [0.4, 0.5) is 17.6 Å². The molecule has 1 N–H and O–H groups in total. The Morgan fingerprint density at radius 1 is 1.12 bits per heavy atom. The van der Waals surface area contributed by atoms with Crippen LogP contribution in [0.1, 0.15) is 28.8 Å². The molecule has 1 heterocycles. The average Bonchev–Trinajstić information content (AvgIpc) is 3.19. The lowest BCUT2D eigenvalue weighted by Crippen LogP contribution is -2.40. The number of halogens is 6. The Hall–Kier alpha value is -2.72. The summed E-state index contributed by atoms with van der Waals surface area (Å²) >= 11 is 11.9. The smallest absolute Gasteiger partial charge is 0.487 e. The van der Waals surface area contributed by atoms with Gasteiger partial charge in [-0.05, 0) is 36.6 Å². The van der Waals surface area contributed by atoms with Gasteiger partial charge in [-0.2, -0.15) is 0 Å². The van der Waals surface area contributed by atoms with Crippen LogP contribution < -0.4 is 9.47 Å². The second kappa shape index (κ2) is 9.41. The molecule has 0 spiro atoms. The Kier molecular flexibility index (Phi) is 7.04. The van der Waals surface area contributed by atoms with Gasteiger partial charge in [0.25, 0.3) is 5.91 Å². The maximum Gasteiger partial charge on any atom is 0.573 e. The van der Waals surface area contributed by atoms with Gasteiger partial charge in [-0.3, -0.25) is 4.79 Å². The number of ether oxygens (including phenoxy) is 2. The monoisotopic (exact) mass is 495 g/mol. The first-order chi connectivity index (χ1) is 15.0. The molecule has 32 heavy (non-hydrogen) atoms. The Labute approximate surface area is 189 Å². The van der Waals surface area contributed by atoms with Crippen LogP contribution in [0.25, 0.3) is 0 Å². The van der Waals surface area contributed by atoms with Crippen LogP contribution in [0.5, 0.6) is 11.5 Å². The lowest BCUT2D eigenvalue weighted by molar-refractivity contribution is -0.274. The summed E-state index contributed by atoms with van der Waals surface area (Å²) in [5, 5.41) is 8.80. The zero-order chi connectivity index (χ0) is 23.6. The lowest BCUT2D eigenvalue weighted by Gasteiger charge is -2.22. The third kappa shape index (κ3) is 5.55. The van der Waals surface area contributed by atoms with Crippen molar-refractivity contribution in [1.82, 2.24) is 4.90 Å². The van der Waals surface area contributed by atoms with E-state index in [1.54, 1.807) is 0 Å². The van der Waals surface area contributed by atoms with Crippen molar-refractivity contribution in [3.05, 3.63) is 57.3 Å². The number of likely N-dealkylation sites (tertiary alicyclic amines) is 1. The SMILES string of the molecule is O=C(O)[C@@H]1CCCN1C(=O)c1cc(Cl)c(OCc2ccc(OC(F)(F)F)c(Cl)c2)cc1F. The Bertz CT molecular complexity index is 1050. The summed E-state index contributed by atoms with van der Waals surface area (Å²) in [5.74, 6) is -3.64. The summed E-state index contributed by atoms with van der Waals surface area (Å²) in [7, 11) is 0. The zero-order valence-electron chi connectivity index (χ0n) is 16.1. The van der Waals surface area contributed by atoms with Crippen molar-refractivity contribution in [2.45, 2.75) is 31.9 Å². The molecule has 2 aromatic carbocycles. The number of carboxylic acid groups (broad SMARTS) is 1. The summed E-state index contributed by atoms with van der Waals surface area (Å²) in [4.78, 5) is 25.0. The standard InChI is InChI=1S/C20H15Cl2F4NO5/c21-12-6-10(3-4-16(12)32-20(24,25)26)9-31-17-8-14(23)11(7-13(17)22)18(28)27-5-1-2-15(27)19(29)30/h3-4,6-8,15H,1-2,5,9H2,(H,29,30)/t15-/m0/s1. The van der Waals surface area contributed by atoms with Gasteiger partial charge in [0.1, 0.15) is 30.0 Å². The van der Waals surface area contributed by atoms with E-state index in [1.165, 1.54) is 12.1 Å². The molecule has 0 unspecified atom stereocenters. The van der Waals surface area contributed by atoms with Crippen LogP contribution >= 0.6 is 23.2 Å². The number of hydrogen-bond donors (Lipinski definition) is 1. The molecule has 1 atom stereocenters. The topological polar surface area (TPSA) is 76.1 Å². The number of amides is 1. The molecule has 2 aromatic rings. The first kappa shape index (κ1) is 23.9. The van der Waals surface area contributed by atoms with Crippen molar-refractivity contribution >= 4 is 35.1 Å². The molecule has 0 saturated carbocycles. The van der Waals surface area contributed by atoms with Gasteiger partial charge in [-0.1, -0.05) is 29.3 Å². The molecular formula is C20H15Cl2F4NO5. The van der Waals surface area contributed by atoms with E-state index in [1.807, 2.05) is 0 Å². The van der Waals surface area contributed by atoms with Gasteiger partial charge in [0, 0.05) is 12.6 Å². The van der Waals surface area contributed by atoms with Crippen LogP contribution in [0.15, 0.2) is 30.3 Å². The average molecular weight is 496 g/mol. The van der Waals surface area contributed by atoms with Crippen LogP contribution in [-0.2, 0) is 11.4 Å². The molecule has 172 valence electrons. The number of benzene rings is 2. The first-order valence-corrected chi connectivity index (χ1v) is 9.91. The summed E-state index contributed by atoms with van der Waals surface area (Å²) in [6, 6.07) is 4.35. The molecule has 1 amide bonds. The van der Waals surface area contributed by atoms with Gasteiger partial charge in [-0.25, -0.2) is 9.18 Å². The number of carboxylic acids is 1. The minimum atomic E-state index is -4.90. The maximum absolute atomic E-state index is 14.6. The number of hydrogen-bond acceptors (Lipinski definition) is 4. The van der Waals surface area contributed by atoms with Crippen LogP contribution in [0.3, 0.4) is 0 Å². The number of carbonyl (C=O) groups is 2. The maximum atomic E-state index is 14.6. The zero-order valence-corrected chi connectivity index (χ0v) is 17.6. The van der Waals surface area contributed by atoms with Gasteiger partial charge in [0.15, 0.2) is 0 Å². The van der Waals surface area contributed by atoms with E-state index in [2.05, 4.69) is 4.74 Å². The molecule has 1 aliphatic rings. The fourth-order valence-electron chi connectivity index (χ4n) is 3.23. The fraction of sp³-hybridized carbons (Fsp3) is 0.300. The van der Waals surface area contributed by atoms with E-state index in [0.717, 1.165) is 23.1 Å². The highest BCUT2D eigenvalue weighted by Gasteiger charge is 2.36. The predicted octanol–water partition coefficient (Wildman–Crippen LogP) is 5.30. The van der Waals surface area contributed by atoms with Gasteiger partial charge >= 0.3 is 12.3 Å². The van der Waals surface area contributed by atoms with Gasteiger partial charge < -0.3 is 19.5 Å². The molecule has 3 rings (SSSR count). The molecule has 1 fully saturated rings. The number of alkyl halides is 3. The summed E-state index contributed by atoms with van der Waals surface area (Å²) < 4.78 is 60.7. The summed E-state index contributed by atoms with van der Waals surface area (Å²) in [6.45, 7) is -0.0361. The number of rotatable bonds is 6. The second-order valence-electron chi connectivity index (χ2n) is 6.86. The third-order valence-electron chi connectivity index (χ3n) is 4.67. The second-order valence-corrected chi connectivity index (χ2v) is 7.67. The predicted molar refractivity (Wildman–Crippen MR) is 106 cm³/mol. The summed E-state index contributed by atoms with van der Waals surface area (Å²) in [5.41, 5.74) is -0.0466. The first-order valence-electron chi connectivity index (χ1n) is 9.16.